The number of carbonyl (C=O) groups is 3. The first-order chi connectivity index (χ1) is 28.6. The number of nitrogens with one attached hydrogen (secondary N) is 1. The van der Waals surface area contributed by atoms with Crippen LogP contribution in [0.1, 0.15) is 82.8 Å². The van der Waals surface area contributed by atoms with Crippen LogP contribution in [0, 0.1) is 30.6 Å². The van der Waals surface area contributed by atoms with Crippen LogP contribution in [0.4, 0.5) is 5.69 Å². The second-order valence-corrected chi connectivity index (χ2v) is 17.0. The highest BCUT2D eigenvalue weighted by Gasteiger charge is 2.50. The van der Waals surface area contributed by atoms with Gasteiger partial charge in [-0.3, -0.25) is 19.4 Å². The van der Waals surface area contributed by atoms with Gasteiger partial charge < -0.3 is 54.7 Å². The van der Waals surface area contributed by atoms with Crippen LogP contribution in [0.3, 0.4) is 0 Å². The smallest absolute Gasteiger partial charge is 0.312 e. The standard InChI is InChI=1S/C45H62N4O12/c1-22-13-12-14-23(2)44(57)47-35-30(21-46-49-18-15-29(16-19-49)48(9)10)39(54)32-33(40(35)55)38(53)27(6)42-34(32)43(56)45(8,61-42)59-20-17-31(58-11)24(3)41(60-28(7)50)26(5)37(52)25(4)36(22)51/h12-14,17,20-22,24-26,29,31,36-37,41,51-55H,15-16,18-19H2,1-11H3,(H,47,57)/b13-12+,20-17+,23-14+,46-21+/t22-,24+,25+,26+,31-,36-,37+,41+,45-/m0/s1. The fourth-order valence-corrected chi connectivity index (χ4v) is 8.50. The number of Topliss-reactive ketones (excluding diaryl/α,β-unsaturated/α-hetero) is 1. The van der Waals surface area contributed by atoms with Crippen LogP contribution in [0.25, 0.3) is 10.8 Å². The summed E-state index contributed by atoms with van der Waals surface area (Å²) in [4.78, 5) is 42.8. The first-order valence-electron chi connectivity index (χ1n) is 20.7. The maximum atomic E-state index is 14.5. The molecule has 0 aromatic heterocycles. The average molecular weight is 851 g/mol. The molecule has 2 aromatic carbocycles. The Morgan fingerprint density at radius 2 is 1.62 bits per heavy atom. The molecular formula is C45H62N4O12. The Morgan fingerprint density at radius 1 is 0.967 bits per heavy atom. The Hall–Kier alpha value is -5.16. The SMILES string of the molecule is CO[C@H]1/C=C/O[C@@]2(C)Oc3c(C)c(O)c4c(O)c(c(/C=N/N5CCC(N(C)C)CC5)c(O)c4c3C2=O)NC(=O)/C(C)=C/C=C/[C@H](C)[C@H](O)[C@@H](C)[C@@H](O)[C@@H](C)[C@H](OC(C)=O)[C@@H]1C. The highest BCUT2D eigenvalue weighted by atomic mass is 16.7. The van der Waals surface area contributed by atoms with Gasteiger partial charge in [0.1, 0.15) is 23.4 Å². The second kappa shape index (κ2) is 18.8. The van der Waals surface area contributed by atoms with Crippen molar-refractivity contribution in [2.45, 2.75) is 104 Å². The van der Waals surface area contributed by atoms with Crippen LogP contribution >= 0.6 is 0 Å². The van der Waals surface area contributed by atoms with E-state index in [0.717, 1.165) is 12.8 Å². The zero-order valence-corrected chi connectivity index (χ0v) is 36.9. The highest BCUT2D eigenvalue weighted by Crippen LogP contribution is 2.55. The molecule has 9 atom stereocenters. The van der Waals surface area contributed by atoms with Crippen molar-refractivity contribution in [3.8, 4) is 23.0 Å². The lowest BCUT2D eigenvalue weighted by Crippen LogP contribution is -2.46. The first-order valence-corrected chi connectivity index (χ1v) is 20.7. The summed E-state index contributed by atoms with van der Waals surface area (Å²) in [6.45, 7) is 13.7. The van der Waals surface area contributed by atoms with Crippen LogP contribution < -0.4 is 10.1 Å². The number of phenolic OH excluding ortho intramolecular Hbond substituents is 3. The summed E-state index contributed by atoms with van der Waals surface area (Å²) in [5.74, 6) is -8.34. The first kappa shape index (κ1) is 46.9. The minimum Gasteiger partial charge on any atom is -0.507 e. The number of methoxy groups -OCH3 is 1. The van der Waals surface area contributed by atoms with E-state index >= 15 is 0 Å². The van der Waals surface area contributed by atoms with Gasteiger partial charge in [0.2, 0.25) is 0 Å². The predicted octanol–water partition coefficient (Wildman–Crippen LogP) is 5.11. The number of nitrogens with zero attached hydrogens (tertiary/aromatic N) is 3. The second-order valence-electron chi connectivity index (χ2n) is 17.0. The largest absolute Gasteiger partial charge is 0.507 e. The number of benzene rings is 2. The number of esters is 1. The van der Waals surface area contributed by atoms with Gasteiger partial charge in [-0.1, -0.05) is 45.9 Å². The summed E-state index contributed by atoms with van der Waals surface area (Å²) >= 11 is 0. The molecule has 0 spiro atoms. The predicted molar refractivity (Wildman–Crippen MR) is 230 cm³/mol. The minimum absolute atomic E-state index is 0.0572. The molecule has 0 saturated carbocycles. The van der Waals surface area contributed by atoms with Gasteiger partial charge >= 0.3 is 11.8 Å². The van der Waals surface area contributed by atoms with Crippen molar-refractivity contribution < 1.29 is 58.9 Å². The third kappa shape index (κ3) is 9.37. The molecule has 6 rings (SSSR count). The Balaban J connectivity index is 1.69. The number of phenols is 3. The molecular weight excluding hydrogens is 789 g/mol. The molecule has 1 amide bonds. The Bertz CT molecular complexity index is 2120. The lowest BCUT2D eigenvalue weighted by molar-refractivity contribution is -0.160. The number of ketones is 1. The van der Waals surface area contributed by atoms with Gasteiger partial charge in [-0.15, -0.1) is 0 Å². The average Bonchev–Trinajstić information content (AvgIpc) is 3.49. The van der Waals surface area contributed by atoms with Crippen molar-refractivity contribution in [3.05, 3.63) is 52.8 Å². The van der Waals surface area contributed by atoms with Gasteiger partial charge in [0.25, 0.3) is 11.7 Å². The van der Waals surface area contributed by atoms with Gasteiger partial charge in [0, 0.05) is 80.3 Å². The molecule has 4 aliphatic heterocycles. The molecule has 1 saturated heterocycles. The van der Waals surface area contributed by atoms with E-state index in [2.05, 4.69) is 15.3 Å². The molecule has 0 unspecified atom stereocenters. The van der Waals surface area contributed by atoms with E-state index in [1.54, 1.807) is 39.8 Å². The van der Waals surface area contributed by atoms with E-state index in [0.29, 0.717) is 19.1 Å². The number of hydrogen-bond acceptors (Lipinski definition) is 15. The number of hydrogen-bond donors (Lipinski definition) is 6. The molecule has 334 valence electrons. The molecule has 6 N–H and O–H groups in total. The molecule has 1 fully saturated rings. The Kier molecular flexibility index (Phi) is 14.5. The van der Waals surface area contributed by atoms with E-state index in [1.807, 2.05) is 19.1 Å². The number of aliphatic hydroxyl groups is 2. The van der Waals surface area contributed by atoms with Gasteiger partial charge in [-0.2, -0.15) is 5.10 Å². The normalized spacial score (nSPS) is 31.5. The Morgan fingerprint density at radius 3 is 2.23 bits per heavy atom. The third-order valence-corrected chi connectivity index (χ3v) is 12.6. The van der Waals surface area contributed by atoms with Crippen molar-refractivity contribution in [2.75, 3.05) is 39.6 Å². The van der Waals surface area contributed by atoms with Gasteiger partial charge in [0.05, 0.1) is 53.0 Å². The number of carbonyl (C=O) groups excluding carboxylic acids is 3. The summed E-state index contributed by atoms with van der Waals surface area (Å²) in [6.07, 6.45) is 6.54. The highest BCUT2D eigenvalue weighted by molar-refractivity contribution is 6.23. The van der Waals surface area contributed by atoms with Crippen LogP contribution in [0.2, 0.25) is 0 Å². The quantitative estimate of drug-likeness (QED) is 0.0997. The Labute approximate surface area is 357 Å². The zero-order valence-electron chi connectivity index (χ0n) is 36.9. The molecule has 4 aliphatic rings. The number of rotatable bonds is 5. The topological polar surface area (TPSA) is 220 Å². The summed E-state index contributed by atoms with van der Waals surface area (Å²) in [6, 6.07) is 0.359. The summed E-state index contributed by atoms with van der Waals surface area (Å²) in [5, 5.41) is 67.2. The molecule has 61 heavy (non-hydrogen) atoms. The van der Waals surface area contributed by atoms with Crippen molar-refractivity contribution in [2.24, 2.45) is 28.8 Å². The van der Waals surface area contributed by atoms with Gasteiger partial charge in [-0.05, 0) is 46.9 Å². The van der Waals surface area contributed by atoms with Crippen LogP contribution in [-0.4, -0.2) is 130 Å². The third-order valence-electron chi connectivity index (χ3n) is 12.6. The minimum atomic E-state index is -2.05. The molecule has 16 heteroatoms. The fraction of sp³-hybridized carbons (Fsp3) is 0.556. The van der Waals surface area contributed by atoms with E-state index in [4.69, 9.17) is 18.9 Å². The van der Waals surface area contributed by atoms with Gasteiger partial charge in [-0.25, -0.2) is 0 Å². The molecule has 4 heterocycles. The monoisotopic (exact) mass is 850 g/mol. The molecule has 5 bridgehead atoms. The fourth-order valence-electron chi connectivity index (χ4n) is 8.50. The van der Waals surface area contributed by atoms with Crippen LogP contribution in [0.15, 0.2) is 41.2 Å². The lowest BCUT2D eigenvalue weighted by Gasteiger charge is -2.38. The maximum absolute atomic E-state index is 14.5. The zero-order chi connectivity index (χ0) is 45.2. The lowest BCUT2D eigenvalue weighted by atomic mass is 9.78. The number of aromatic hydroxyl groups is 3. The van der Waals surface area contributed by atoms with Crippen LogP contribution in [0.5, 0.6) is 23.0 Å². The van der Waals surface area contributed by atoms with E-state index in [-0.39, 0.29) is 44.5 Å². The number of piperidine rings is 1. The van der Waals surface area contributed by atoms with E-state index in [9.17, 15) is 39.9 Å². The van der Waals surface area contributed by atoms with Crippen molar-refractivity contribution in [1.82, 2.24) is 9.91 Å². The maximum Gasteiger partial charge on any atom is 0.312 e. The molecule has 0 radical (unpaired) electrons. The number of ether oxygens (including phenoxy) is 4. The van der Waals surface area contributed by atoms with Crippen molar-refractivity contribution >= 4 is 40.3 Å². The van der Waals surface area contributed by atoms with Gasteiger partial charge in [0.15, 0.2) is 5.75 Å². The number of allylic oxidation sites excluding steroid dienone is 2. The number of fused-ring (bicyclic) bond motifs is 14. The molecule has 16 nitrogen and oxygen atoms in total. The molecule has 2 aromatic rings. The van der Waals surface area contributed by atoms with E-state index in [1.165, 1.54) is 59.4 Å². The van der Waals surface area contributed by atoms with Crippen molar-refractivity contribution in [3.63, 3.8) is 0 Å². The van der Waals surface area contributed by atoms with E-state index < -0.39 is 88.8 Å². The molecule has 0 aliphatic carbocycles. The summed E-state index contributed by atoms with van der Waals surface area (Å²) < 4.78 is 23.7. The van der Waals surface area contributed by atoms with Crippen LogP contribution in [-0.2, 0) is 23.8 Å². The van der Waals surface area contributed by atoms with Crippen molar-refractivity contribution in [1.29, 1.82) is 0 Å². The number of aliphatic hydroxyl groups excluding tert-OH is 2. The summed E-state index contributed by atoms with van der Waals surface area (Å²) in [7, 11) is 5.47. The number of amides is 1. The number of hydrazone groups is 1. The number of anilines is 1. The summed E-state index contributed by atoms with van der Waals surface area (Å²) in [5.41, 5.74) is -0.336.